The molecule has 1 N–H and O–H groups in total. The van der Waals surface area contributed by atoms with Crippen LogP contribution in [0.25, 0.3) is 0 Å². The molecule has 1 aromatic heterocycles. The molecule has 0 saturated carbocycles. The first kappa shape index (κ1) is 21.6. The highest BCUT2D eigenvalue weighted by Crippen LogP contribution is 2.07. The van der Waals surface area contributed by atoms with Crippen LogP contribution in [-0.4, -0.2) is 54.9 Å². The molecule has 2 aromatic rings. The van der Waals surface area contributed by atoms with E-state index < -0.39 is 22.6 Å². The number of nitrogens with zero attached hydrogens (tertiary/aromatic N) is 3. The number of benzene rings is 1. The van der Waals surface area contributed by atoms with Gasteiger partial charge in [0, 0.05) is 33.4 Å². The molecular formula is C18H24N4O5S. The fourth-order valence-electron chi connectivity index (χ4n) is 2.29. The SMILES string of the molecule is Cc1nc(S(=O)(=O)NCCC(=O)OCC(=O)N(C)Cc2ccccc2)cn1C. The van der Waals surface area contributed by atoms with Crippen LogP contribution in [0.1, 0.15) is 17.8 Å². The number of carbonyl (C=O) groups excluding carboxylic acids is 2. The van der Waals surface area contributed by atoms with E-state index in [1.165, 1.54) is 11.1 Å². The predicted molar refractivity (Wildman–Crippen MR) is 102 cm³/mol. The van der Waals surface area contributed by atoms with E-state index in [2.05, 4.69) is 9.71 Å². The molecule has 28 heavy (non-hydrogen) atoms. The number of esters is 1. The lowest BCUT2D eigenvalue weighted by Crippen LogP contribution is -2.31. The summed E-state index contributed by atoms with van der Waals surface area (Å²) in [5.74, 6) is -0.457. The molecule has 10 heteroatoms. The maximum atomic E-state index is 12.1. The van der Waals surface area contributed by atoms with Crippen molar-refractivity contribution in [2.45, 2.75) is 24.9 Å². The van der Waals surface area contributed by atoms with Gasteiger partial charge < -0.3 is 14.2 Å². The van der Waals surface area contributed by atoms with Crippen LogP contribution in [0.4, 0.5) is 0 Å². The Bertz CT molecular complexity index is 905. The molecule has 0 saturated heterocycles. The third kappa shape index (κ3) is 6.17. The summed E-state index contributed by atoms with van der Waals surface area (Å²) in [6, 6.07) is 9.42. The van der Waals surface area contributed by atoms with E-state index in [0.717, 1.165) is 5.56 Å². The minimum atomic E-state index is -3.80. The summed E-state index contributed by atoms with van der Waals surface area (Å²) in [5, 5.41) is -0.112. The number of amides is 1. The van der Waals surface area contributed by atoms with Gasteiger partial charge in [-0.25, -0.2) is 18.1 Å². The number of carbonyl (C=O) groups is 2. The van der Waals surface area contributed by atoms with Gasteiger partial charge in [-0.1, -0.05) is 30.3 Å². The van der Waals surface area contributed by atoms with Gasteiger partial charge in [0.25, 0.3) is 15.9 Å². The summed E-state index contributed by atoms with van der Waals surface area (Å²) >= 11 is 0. The number of ether oxygens (including phenoxy) is 1. The third-order valence-corrected chi connectivity index (χ3v) is 5.36. The lowest BCUT2D eigenvalue weighted by molar-refractivity contribution is -0.151. The fourth-order valence-corrected chi connectivity index (χ4v) is 3.36. The molecule has 9 nitrogen and oxygen atoms in total. The van der Waals surface area contributed by atoms with Gasteiger partial charge in [-0.3, -0.25) is 9.59 Å². The number of hydrogen-bond acceptors (Lipinski definition) is 6. The van der Waals surface area contributed by atoms with E-state index in [-0.39, 0.29) is 23.9 Å². The van der Waals surface area contributed by atoms with Crippen molar-refractivity contribution in [3.8, 4) is 0 Å². The maximum Gasteiger partial charge on any atom is 0.307 e. The largest absolute Gasteiger partial charge is 0.456 e. The zero-order valence-corrected chi connectivity index (χ0v) is 16.9. The fraction of sp³-hybridized carbons (Fsp3) is 0.389. The molecule has 0 fully saturated rings. The molecule has 0 atom stereocenters. The summed E-state index contributed by atoms with van der Waals surface area (Å²) in [6.07, 6.45) is 1.19. The summed E-state index contributed by atoms with van der Waals surface area (Å²) in [7, 11) is -0.500. The molecule has 152 valence electrons. The Morgan fingerprint density at radius 3 is 2.54 bits per heavy atom. The van der Waals surface area contributed by atoms with Crippen LogP contribution in [0.2, 0.25) is 0 Å². The normalized spacial score (nSPS) is 11.2. The summed E-state index contributed by atoms with van der Waals surface area (Å²) in [6.45, 7) is 1.54. The summed E-state index contributed by atoms with van der Waals surface area (Å²) in [4.78, 5) is 29.2. The second-order valence-electron chi connectivity index (χ2n) is 6.28. The van der Waals surface area contributed by atoms with E-state index in [4.69, 9.17) is 4.74 Å². The first-order chi connectivity index (χ1) is 13.2. The van der Waals surface area contributed by atoms with E-state index in [1.54, 1.807) is 25.6 Å². The summed E-state index contributed by atoms with van der Waals surface area (Å²) in [5.41, 5.74) is 0.962. The Morgan fingerprint density at radius 1 is 1.25 bits per heavy atom. The van der Waals surface area contributed by atoms with Gasteiger partial charge in [0.05, 0.1) is 6.42 Å². The van der Waals surface area contributed by atoms with Crippen LogP contribution in [-0.2, 0) is 37.9 Å². The number of rotatable bonds is 9. The van der Waals surface area contributed by atoms with Crippen molar-refractivity contribution >= 4 is 21.9 Å². The molecule has 1 amide bonds. The highest BCUT2D eigenvalue weighted by molar-refractivity contribution is 7.89. The molecule has 0 aliphatic carbocycles. The van der Waals surface area contributed by atoms with Crippen molar-refractivity contribution in [3.05, 3.63) is 47.9 Å². The first-order valence-electron chi connectivity index (χ1n) is 8.62. The molecule has 1 heterocycles. The Kier molecular flexibility index (Phi) is 7.30. The van der Waals surface area contributed by atoms with Crippen LogP contribution >= 0.6 is 0 Å². The highest BCUT2D eigenvalue weighted by Gasteiger charge is 2.19. The van der Waals surface area contributed by atoms with Gasteiger partial charge in [0.15, 0.2) is 11.6 Å². The van der Waals surface area contributed by atoms with E-state index in [0.29, 0.717) is 12.4 Å². The van der Waals surface area contributed by atoms with E-state index in [9.17, 15) is 18.0 Å². The molecule has 2 rings (SSSR count). The molecular weight excluding hydrogens is 384 g/mol. The second kappa shape index (κ2) is 9.47. The van der Waals surface area contributed by atoms with Gasteiger partial charge in [-0.2, -0.15) is 0 Å². The maximum absolute atomic E-state index is 12.1. The number of hydrogen-bond donors (Lipinski definition) is 1. The number of aryl methyl sites for hydroxylation is 2. The third-order valence-electron chi connectivity index (χ3n) is 4.03. The van der Waals surface area contributed by atoms with Crippen molar-refractivity contribution < 1.29 is 22.7 Å². The quantitative estimate of drug-likeness (QED) is 0.609. The monoisotopic (exact) mass is 408 g/mol. The number of sulfonamides is 1. The average molecular weight is 408 g/mol. The predicted octanol–water partition coefficient (Wildman–Crippen LogP) is 0.599. The second-order valence-corrected chi connectivity index (χ2v) is 7.99. The minimum absolute atomic E-state index is 0.112. The van der Waals surface area contributed by atoms with Gasteiger partial charge >= 0.3 is 5.97 Å². The molecule has 0 spiro atoms. The highest BCUT2D eigenvalue weighted by atomic mass is 32.2. The molecule has 1 aromatic carbocycles. The Labute approximate surface area is 164 Å². The van der Waals surface area contributed by atoms with E-state index in [1.807, 2.05) is 30.3 Å². The van der Waals surface area contributed by atoms with Crippen molar-refractivity contribution in [3.63, 3.8) is 0 Å². The average Bonchev–Trinajstić information content (AvgIpc) is 3.00. The molecule has 0 radical (unpaired) electrons. The van der Waals surface area contributed by atoms with Crippen LogP contribution < -0.4 is 4.72 Å². The molecule has 0 bridgehead atoms. The number of aromatic nitrogens is 2. The Balaban J connectivity index is 1.72. The topological polar surface area (TPSA) is 111 Å². The van der Waals surface area contributed by atoms with Crippen molar-refractivity contribution in [1.82, 2.24) is 19.2 Å². The number of likely N-dealkylation sites (N-methyl/N-ethyl adjacent to an activating group) is 1. The Hall–Kier alpha value is -2.72. The lowest BCUT2D eigenvalue weighted by Gasteiger charge is -2.17. The standard InChI is InChI=1S/C18H24N4O5S/c1-14-20-16(12-21(14)2)28(25,26)19-10-9-18(24)27-13-17(23)22(3)11-15-7-5-4-6-8-15/h4-8,12,19H,9-11,13H2,1-3H3. The van der Waals surface area contributed by atoms with E-state index >= 15 is 0 Å². The summed E-state index contributed by atoms with van der Waals surface area (Å²) < 4.78 is 33.0. The molecule has 0 unspecified atom stereocenters. The Morgan fingerprint density at radius 2 is 1.93 bits per heavy atom. The molecule has 0 aliphatic rings. The van der Waals surface area contributed by atoms with Gasteiger partial charge in [0.1, 0.15) is 5.82 Å². The van der Waals surface area contributed by atoms with Gasteiger partial charge in [0.2, 0.25) is 0 Å². The first-order valence-corrected chi connectivity index (χ1v) is 10.1. The number of imidazole rings is 1. The van der Waals surface area contributed by atoms with Crippen LogP contribution in [0.15, 0.2) is 41.6 Å². The number of nitrogens with one attached hydrogen (secondary N) is 1. The van der Waals surface area contributed by atoms with Gasteiger partial charge in [-0.05, 0) is 12.5 Å². The van der Waals surface area contributed by atoms with Crippen molar-refractivity contribution in [1.29, 1.82) is 0 Å². The van der Waals surface area contributed by atoms with Crippen molar-refractivity contribution in [2.24, 2.45) is 7.05 Å². The van der Waals surface area contributed by atoms with Crippen molar-refractivity contribution in [2.75, 3.05) is 20.2 Å². The van der Waals surface area contributed by atoms with Crippen LogP contribution in [0, 0.1) is 6.92 Å². The lowest BCUT2D eigenvalue weighted by atomic mass is 10.2. The van der Waals surface area contributed by atoms with Crippen LogP contribution in [0.3, 0.4) is 0 Å². The molecule has 0 aliphatic heterocycles. The smallest absolute Gasteiger partial charge is 0.307 e. The zero-order chi connectivity index (χ0) is 20.7. The van der Waals surface area contributed by atoms with Gasteiger partial charge in [-0.15, -0.1) is 0 Å². The van der Waals surface area contributed by atoms with Crippen LogP contribution in [0.5, 0.6) is 0 Å². The zero-order valence-electron chi connectivity index (χ0n) is 16.1. The minimum Gasteiger partial charge on any atom is -0.456 e.